The van der Waals surface area contributed by atoms with Crippen LogP contribution in [0.5, 0.6) is 0 Å². The standard InChI is InChI=1S/C22H25N3O6S2/c26-32(27,24-15-19-6-3-13-30-19)21-8-10-22(11-9-21)33(28,29)25(17-20-7-4-14-31-20)16-18-5-1-2-12-23-18/h1-2,4-5,7-12,14,19,24H,3,6,13,15-17H2. The van der Waals surface area contributed by atoms with Gasteiger partial charge in [-0.25, -0.2) is 21.6 Å². The van der Waals surface area contributed by atoms with Crippen LogP contribution < -0.4 is 4.72 Å². The first-order valence-electron chi connectivity index (χ1n) is 10.5. The van der Waals surface area contributed by atoms with E-state index in [4.69, 9.17) is 9.15 Å². The minimum atomic E-state index is -3.96. The lowest BCUT2D eigenvalue weighted by atomic mass is 10.2. The molecule has 1 aromatic carbocycles. The summed E-state index contributed by atoms with van der Waals surface area (Å²) >= 11 is 0. The second kappa shape index (κ2) is 10.1. The van der Waals surface area contributed by atoms with Crippen molar-refractivity contribution in [2.45, 2.75) is 41.8 Å². The molecule has 0 amide bonds. The summed E-state index contributed by atoms with van der Waals surface area (Å²) in [7, 11) is -7.75. The Bertz CT molecular complexity index is 1240. The Morgan fingerprint density at radius 1 is 0.970 bits per heavy atom. The van der Waals surface area contributed by atoms with Crippen LogP contribution in [-0.4, -0.2) is 45.4 Å². The Kier molecular flexibility index (Phi) is 7.25. The van der Waals surface area contributed by atoms with E-state index in [0.29, 0.717) is 18.1 Å². The number of rotatable bonds is 10. The molecule has 3 aromatic rings. The molecule has 1 fully saturated rings. The van der Waals surface area contributed by atoms with E-state index >= 15 is 0 Å². The number of hydrogen-bond acceptors (Lipinski definition) is 7. The van der Waals surface area contributed by atoms with Crippen molar-refractivity contribution in [3.63, 3.8) is 0 Å². The van der Waals surface area contributed by atoms with Crippen LogP contribution in [0.4, 0.5) is 0 Å². The smallest absolute Gasteiger partial charge is 0.243 e. The Balaban J connectivity index is 1.54. The van der Waals surface area contributed by atoms with Gasteiger partial charge in [0.05, 0.1) is 40.9 Å². The van der Waals surface area contributed by atoms with Gasteiger partial charge in [-0.05, 0) is 61.4 Å². The third kappa shape index (κ3) is 5.87. The predicted octanol–water partition coefficient (Wildman–Crippen LogP) is 2.52. The number of pyridine rings is 1. The number of nitrogens with zero attached hydrogens (tertiary/aromatic N) is 2. The fourth-order valence-corrected chi connectivity index (χ4v) is 5.95. The first kappa shape index (κ1) is 23.6. The molecule has 1 saturated heterocycles. The second-order valence-corrected chi connectivity index (χ2v) is 11.3. The Hall–Kier alpha value is -2.57. The van der Waals surface area contributed by atoms with Crippen LogP contribution >= 0.6 is 0 Å². The molecule has 2 aromatic heterocycles. The maximum Gasteiger partial charge on any atom is 0.243 e. The van der Waals surface area contributed by atoms with Gasteiger partial charge in [0.1, 0.15) is 5.76 Å². The molecular formula is C22H25N3O6S2. The van der Waals surface area contributed by atoms with E-state index in [1.807, 2.05) is 0 Å². The number of furan rings is 1. The number of sulfonamides is 2. The van der Waals surface area contributed by atoms with E-state index in [2.05, 4.69) is 9.71 Å². The van der Waals surface area contributed by atoms with Crippen molar-refractivity contribution in [1.82, 2.24) is 14.0 Å². The number of aromatic nitrogens is 1. The van der Waals surface area contributed by atoms with Crippen molar-refractivity contribution >= 4 is 20.0 Å². The molecule has 0 saturated carbocycles. The van der Waals surface area contributed by atoms with Gasteiger partial charge in [-0.3, -0.25) is 4.98 Å². The fraction of sp³-hybridized carbons (Fsp3) is 0.318. The van der Waals surface area contributed by atoms with Crippen LogP contribution in [-0.2, 0) is 37.9 Å². The molecule has 33 heavy (non-hydrogen) atoms. The molecule has 1 N–H and O–H groups in total. The molecular weight excluding hydrogens is 466 g/mol. The largest absolute Gasteiger partial charge is 0.468 e. The van der Waals surface area contributed by atoms with Gasteiger partial charge in [0.2, 0.25) is 20.0 Å². The maximum absolute atomic E-state index is 13.4. The summed E-state index contributed by atoms with van der Waals surface area (Å²) in [4.78, 5) is 4.18. The van der Waals surface area contributed by atoms with Crippen molar-refractivity contribution in [3.8, 4) is 0 Å². The van der Waals surface area contributed by atoms with Gasteiger partial charge in [0.15, 0.2) is 0 Å². The molecule has 0 spiro atoms. The Morgan fingerprint density at radius 3 is 2.39 bits per heavy atom. The highest BCUT2D eigenvalue weighted by Crippen LogP contribution is 2.23. The van der Waals surface area contributed by atoms with E-state index < -0.39 is 20.0 Å². The second-order valence-electron chi connectivity index (χ2n) is 7.63. The highest BCUT2D eigenvalue weighted by Gasteiger charge is 2.27. The molecule has 9 nitrogen and oxygen atoms in total. The summed E-state index contributed by atoms with van der Waals surface area (Å²) < 4.78 is 66.5. The summed E-state index contributed by atoms with van der Waals surface area (Å²) in [5, 5.41) is 0. The predicted molar refractivity (Wildman–Crippen MR) is 120 cm³/mol. The van der Waals surface area contributed by atoms with Gasteiger partial charge in [0.25, 0.3) is 0 Å². The minimum Gasteiger partial charge on any atom is -0.468 e. The Labute approximate surface area is 193 Å². The lowest BCUT2D eigenvalue weighted by molar-refractivity contribution is 0.114. The number of nitrogens with one attached hydrogen (secondary N) is 1. The van der Waals surface area contributed by atoms with Gasteiger partial charge in [0, 0.05) is 19.3 Å². The molecule has 3 heterocycles. The van der Waals surface area contributed by atoms with Gasteiger partial charge in [-0.1, -0.05) is 6.07 Å². The molecule has 0 radical (unpaired) electrons. The fourth-order valence-electron chi connectivity index (χ4n) is 3.51. The van der Waals surface area contributed by atoms with Crippen molar-refractivity contribution in [2.75, 3.05) is 13.2 Å². The average Bonchev–Trinajstić information content (AvgIpc) is 3.53. The van der Waals surface area contributed by atoms with Gasteiger partial charge < -0.3 is 9.15 Å². The summed E-state index contributed by atoms with van der Waals surface area (Å²) in [6, 6.07) is 13.8. The van der Waals surface area contributed by atoms with Crippen molar-refractivity contribution < 1.29 is 26.0 Å². The zero-order valence-electron chi connectivity index (χ0n) is 17.8. The molecule has 1 aliphatic heterocycles. The van der Waals surface area contributed by atoms with E-state index in [1.54, 1.807) is 36.5 Å². The molecule has 1 aliphatic rings. The summed E-state index contributed by atoms with van der Waals surface area (Å²) in [6.07, 6.45) is 4.65. The molecule has 176 valence electrons. The van der Waals surface area contributed by atoms with Crippen LogP contribution in [0.2, 0.25) is 0 Å². The van der Waals surface area contributed by atoms with Crippen molar-refractivity contribution in [3.05, 3.63) is 78.5 Å². The monoisotopic (exact) mass is 491 g/mol. The Morgan fingerprint density at radius 2 is 1.76 bits per heavy atom. The van der Waals surface area contributed by atoms with Gasteiger partial charge >= 0.3 is 0 Å². The quantitative estimate of drug-likeness (QED) is 0.463. The minimum absolute atomic E-state index is 0.00883. The lowest BCUT2D eigenvalue weighted by Gasteiger charge is -2.21. The van der Waals surface area contributed by atoms with E-state index in [0.717, 1.165) is 12.8 Å². The lowest BCUT2D eigenvalue weighted by Crippen LogP contribution is -2.32. The summed E-state index contributed by atoms with van der Waals surface area (Å²) in [5.41, 5.74) is 0.574. The molecule has 1 unspecified atom stereocenters. The molecule has 0 aliphatic carbocycles. The topological polar surface area (TPSA) is 119 Å². The van der Waals surface area contributed by atoms with Gasteiger partial charge in [-0.2, -0.15) is 4.31 Å². The zero-order chi connectivity index (χ0) is 23.3. The molecule has 11 heteroatoms. The SMILES string of the molecule is O=S(=O)(NCC1CCCO1)c1ccc(S(=O)(=O)N(Cc2ccccn2)Cc2ccco2)cc1. The average molecular weight is 492 g/mol. The number of ether oxygens (including phenoxy) is 1. The zero-order valence-corrected chi connectivity index (χ0v) is 19.5. The van der Waals surface area contributed by atoms with E-state index in [1.165, 1.54) is 34.8 Å². The van der Waals surface area contributed by atoms with Crippen LogP contribution in [0, 0.1) is 0 Å². The highest BCUT2D eigenvalue weighted by atomic mass is 32.2. The first-order chi connectivity index (χ1) is 15.8. The molecule has 1 atom stereocenters. The maximum atomic E-state index is 13.4. The van der Waals surface area contributed by atoms with Gasteiger partial charge in [-0.15, -0.1) is 0 Å². The molecule has 0 bridgehead atoms. The molecule has 4 rings (SSSR count). The number of hydrogen-bond donors (Lipinski definition) is 1. The van der Waals surface area contributed by atoms with Crippen LogP contribution in [0.25, 0.3) is 0 Å². The third-order valence-electron chi connectivity index (χ3n) is 5.27. The van der Waals surface area contributed by atoms with Crippen LogP contribution in [0.1, 0.15) is 24.3 Å². The van der Waals surface area contributed by atoms with Crippen molar-refractivity contribution in [1.29, 1.82) is 0 Å². The normalized spacial score (nSPS) is 16.9. The van der Waals surface area contributed by atoms with Crippen molar-refractivity contribution in [2.24, 2.45) is 0 Å². The highest BCUT2D eigenvalue weighted by molar-refractivity contribution is 7.89. The van der Waals surface area contributed by atoms with E-state index in [-0.39, 0.29) is 35.5 Å². The van der Waals surface area contributed by atoms with Crippen LogP contribution in [0.3, 0.4) is 0 Å². The first-order valence-corrected chi connectivity index (χ1v) is 13.4. The summed E-state index contributed by atoms with van der Waals surface area (Å²) in [5.74, 6) is 0.479. The van der Waals surface area contributed by atoms with Crippen LogP contribution in [0.15, 0.2) is 81.3 Å². The third-order valence-corrected chi connectivity index (χ3v) is 8.52. The summed E-state index contributed by atoms with van der Waals surface area (Å²) in [6.45, 7) is 0.858. The van der Waals surface area contributed by atoms with E-state index in [9.17, 15) is 16.8 Å². The number of benzene rings is 1.